The number of rotatable bonds is 4. The highest BCUT2D eigenvalue weighted by Gasteiger charge is 2.21. The molecule has 0 saturated heterocycles. The van der Waals surface area contributed by atoms with Gasteiger partial charge in [0.2, 0.25) is 0 Å². The number of aromatic amines is 1. The van der Waals surface area contributed by atoms with Crippen molar-refractivity contribution in [2.24, 2.45) is 0 Å². The van der Waals surface area contributed by atoms with E-state index in [0.717, 1.165) is 21.8 Å². The largest absolute Gasteiger partial charge is 0.609 e. The van der Waals surface area contributed by atoms with Crippen molar-refractivity contribution in [2.75, 3.05) is 5.75 Å². The molecule has 2 heterocycles. The fraction of sp³-hybridized carbons (Fsp3) is 0.133. The summed E-state index contributed by atoms with van der Waals surface area (Å²) >= 11 is 0.409. The molecule has 0 radical (unpaired) electrons. The summed E-state index contributed by atoms with van der Waals surface area (Å²) in [6.07, 6.45) is 0. The lowest BCUT2D eigenvalue weighted by atomic mass is 10.1. The van der Waals surface area contributed by atoms with Gasteiger partial charge < -0.3 is 4.55 Å². The molecule has 1 unspecified atom stereocenters. The van der Waals surface area contributed by atoms with E-state index >= 15 is 0 Å². The Bertz CT molecular complexity index is 723. The molecule has 3 nitrogen and oxygen atoms in total. The van der Waals surface area contributed by atoms with E-state index in [2.05, 4.69) is 9.97 Å². The summed E-state index contributed by atoms with van der Waals surface area (Å²) < 4.78 is 25.1. The van der Waals surface area contributed by atoms with Gasteiger partial charge in [0.25, 0.3) is 0 Å². The molecule has 1 aromatic carbocycles. The first-order chi connectivity index (χ1) is 10.2. The van der Waals surface area contributed by atoms with Gasteiger partial charge in [-0.05, 0) is 42.6 Å². The molecule has 0 bridgehead atoms. The van der Waals surface area contributed by atoms with Gasteiger partial charge in [-0.25, -0.2) is 4.39 Å². The molecule has 1 atom stereocenters. The molecule has 0 spiro atoms. The highest BCUT2D eigenvalue weighted by Crippen LogP contribution is 2.33. The van der Waals surface area contributed by atoms with Gasteiger partial charge in [0.15, 0.2) is 0 Å². The molecule has 0 aliphatic rings. The van der Waals surface area contributed by atoms with Crippen molar-refractivity contribution in [2.45, 2.75) is 12.1 Å². The SMILES string of the molecule is CC[S+]([O-])c1nc(-c2cccs2)c(-c2ccc(F)cc2)[nH]1. The van der Waals surface area contributed by atoms with Crippen LogP contribution < -0.4 is 0 Å². The van der Waals surface area contributed by atoms with Crippen LogP contribution in [0.3, 0.4) is 0 Å². The van der Waals surface area contributed by atoms with Crippen molar-refractivity contribution in [1.29, 1.82) is 0 Å². The zero-order chi connectivity index (χ0) is 14.8. The zero-order valence-electron chi connectivity index (χ0n) is 11.3. The van der Waals surface area contributed by atoms with Crippen molar-refractivity contribution in [3.63, 3.8) is 0 Å². The second kappa shape index (κ2) is 6.01. The third-order valence-electron chi connectivity index (χ3n) is 3.05. The summed E-state index contributed by atoms with van der Waals surface area (Å²) in [5.74, 6) is 0.216. The topological polar surface area (TPSA) is 51.7 Å². The second-order valence-electron chi connectivity index (χ2n) is 4.38. The Hall–Kier alpha value is -1.63. The summed E-state index contributed by atoms with van der Waals surface area (Å²) in [6.45, 7) is 1.85. The van der Waals surface area contributed by atoms with Crippen LogP contribution in [0.25, 0.3) is 21.8 Å². The van der Waals surface area contributed by atoms with Crippen molar-refractivity contribution < 1.29 is 8.94 Å². The van der Waals surface area contributed by atoms with Crippen molar-refractivity contribution in [3.05, 3.63) is 47.6 Å². The molecular weight excluding hydrogens is 307 g/mol. The lowest BCUT2D eigenvalue weighted by Crippen LogP contribution is -2.05. The number of nitrogens with one attached hydrogen (secondary N) is 1. The minimum Gasteiger partial charge on any atom is -0.609 e. The van der Waals surface area contributed by atoms with E-state index in [1.807, 2.05) is 24.4 Å². The predicted molar refractivity (Wildman–Crippen MR) is 84.2 cm³/mol. The molecule has 6 heteroatoms. The average Bonchev–Trinajstić information content (AvgIpc) is 3.16. The quantitative estimate of drug-likeness (QED) is 0.737. The molecule has 0 fully saturated rings. The van der Waals surface area contributed by atoms with Crippen LogP contribution in [0.15, 0.2) is 46.9 Å². The molecule has 21 heavy (non-hydrogen) atoms. The molecule has 3 rings (SSSR count). The van der Waals surface area contributed by atoms with Crippen LogP contribution in [-0.4, -0.2) is 20.3 Å². The third-order valence-corrected chi connectivity index (χ3v) is 5.07. The maximum absolute atomic E-state index is 13.1. The second-order valence-corrected chi connectivity index (χ2v) is 6.99. The van der Waals surface area contributed by atoms with Crippen LogP contribution in [0.2, 0.25) is 0 Å². The Kier molecular flexibility index (Phi) is 4.10. The first-order valence-electron chi connectivity index (χ1n) is 6.47. The summed E-state index contributed by atoms with van der Waals surface area (Å²) in [5.41, 5.74) is 2.36. The van der Waals surface area contributed by atoms with E-state index in [9.17, 15) is 8.94 Å². The van der Waals surface area contributed by atoms with Crippen molar-refractivity contribution >= 4 is 22.5 Å². The van der Waals surface area contributed by atoms with E-state index in [1.165, 1.54) is 12.1 Å². The maximum Gasteiger partial charge on any atom is 0.321 e. The fourth-order valence-electron chi connectivity index (χ4n) is 2.01. The number of aromatic nitrogens is 2. The Labute approximate surface area is 129 Å². The van der Waals surface area contributed by atoms with E-state index in [1.54, 1.807) is 23.5 Å². The fourth-order valence-corrected chi connectivity index (χ4v) is 3.42. The van der Waals surface area contributed by atoms with Gasteiger partial charge in [-0.1, -0.05) is 6.07 Å². The monoisotopic (exact) mass is 320 g/mol. The van der Waals surface area contributed by atoms with Gasteiger partial charge in [0.05, 0.1) is 10.6 Å². The molecule has 0 aliphatic heterocycles. The summed E-state index contributed by atoms with van der Waals surface area (Å²) in [7, 11) is 0. The first kappa shape index (κ1) is 14.3. The zero-order valence-corrected chi connectivity index (χ0v) is 12.9. The van der Waals surface area contributed by atoms with Gasteiger partial charge in [0.1, 0.15) is 17.3 Å². The molecule has 0 saturated carbocycles. The standard InChI is InChI=1S/C15H13FN2OS2/c1-2-21(19)15-17-13(10-5-7-11(16)8-6-10)14(18-15)12-4-3-9-20-12/h3-9H,2H2,1H3,(H,17,18). The number of hydrogen-bond donors (Lipinski definition) is 1. The Morgan fingerprint density at radius 3 is 2.67 bits per heavy atom. The van der Waals surface area contributed by atoms with Gasteiger partial charge in [-0.2, -0.15) is 4.98 Å². The van der Waals surface area contributed by atoms with E-state index in [0.29, 0.717) is 10.9 Å². The van der Waals surface area contributed by atoms with Gasteiger partial charge in [0, 0.05) is 16.7 Å². The number of imidazole rings is 1. The van der Waals surface area contributed by atoms with Gasteiger partial charge in [-0.15, -0.1) is 11.3 Å². The number of hydrogen-bond acceptors (Lipinski definition) is 3. The number of nitrogens with zero attached hydrogens (tertiary/aromatic N) is 1. The van der Waals surface area contributed by atoms with Crippen LogP contribution in [0.5, 0.6) is 0 Å². The first-order valence-corrected chi connectivity index (χ1v) is 8.67. The third kappa shape index (κ3) is 2.88. The average molecular weight is 320 g/mol. The molecular formula is C15H13FN2OS2. The predicted octanol–water partition coefficient (Wildman–Crippen LogP) is 4.07. The lowest BCUT2D eigenvalue weighted by molar-refractivity contribution is 0.589. The van der Waals surface area contributed by atoms with E-state index in [-0.39, 0.29) is 5.82 Å². The van der Waals surface area contributed by atoms with E-state index in [4.69, 9.17) is 0 Å². The highest BCUT2D eigenvalue weighted by molar-refractivity contribution is 7.91. The normalized spacial score (nSPS) is 12.5. The summed E-state index contributed by atoms with van der Waals surface area (Å²) in [4.78, 5) is 8.60. The van der Waals surface area contributed by atoms with Crippen LogP contribution in [0.4, 0.5) is 4.39 Å². The van der Waals surface area contributed by atoms with Crippen LogP contribution >= 0.6 is 11.3 Å². The van der Waals surface area contributed by atoms with E-state index < -0.39 is 11.2 Å². The minimum atomic E-state index is -1.16. The number of halogens is 1. The smallest absolute Gasteiger partial charge is 0.321 e. The highest BCUT2D eigenvalue weighted by atomic mass is 32.2. The van der Waals surface area contributed by atoms with Crippen LogP contribution in [-0.2, 0) is 11.2 Å². The molecule has 0 amide bonds. The Balaban J connectivity index is 2.13. The van der Waals surface area contributed by atoms with Gasteiger partial charge in [-0.3, -0.25) is 4.98 Å². The van der Waals surface area contributed by atoms with Crippen molar-refractivity contribution in [1.82, 2.24) is 9.97 Å². The molecule has 0 aliphatic carbocycles. The number of thiophene rings is 1. The summed E-state index contributed by atoms with van der Waals surface area (Å²) in [6, 6.07) is 10.1. The minimum absolute atomic E-state index is 0.284. The molecule has 2 aromatic heterocycles. The number of benzene rings is 1. The van der Waals surface area contributed by atoms with Gasteiger partial charge >= 0.3 is 5.16 Å². The molecule has 1 N–H and O–H groups in total. The summed E-state index contributed by atoms with van der Waals surface area (Å²) in [5, 5.41) is 2.43. The van der Waals surface area contributed by atoms with Crippen LogP contribution in [0, 0.1) is 5.82 Å². The lowest BCUT2D eigenvalue weighted by Gasteiger charge is -2.02. The van der Waals surface area contributed by atoms with Crippen LogP contribution in [0.1, 0.15) is 6.92 Å². The maximum atomic E-state index is 13.1. The molecule has 3 aromatic rings. The Morgan fingerprint density at radius 1 is 1.29 bits per heavy atom. The number of H-pyrrole nitrogens is 1. The van der Waals surface area contributed by atoms with Crippen molar-refractivity contribution in [3.8, 4) is 21.8 Å². The molecule has 108 valence electrons. The Morgan fingerprint density at radius 2 is 2.05 bits per heavy atom.